The van der Waals surface area contributed by atoms with Gasteiger partial charge in [0, 0.05) is 18.8 Å². The van der Waals surface area contributed by atoms with E-state index in [1.165, 1.54) is 31.0 Å². The van der Waals surface area contributed by atoms with Crippen molar-refractivity contribution in [2.24, 2.45) is 23.2 Å². The first kappa shape index (κ1) is 10.9. The van der Waals surface area contributed by atoms with Gasteiger partial charge in [0.25, 0.3) is 5.24 Å². The van der Waals surface area contributed by atoms with Gasteiger partial charge in [0.15, 0.2) is 0 Å². The highest BCUT2D eigenvalue weighted by Gasteiger charge is 2.54. The summed E-state index contributed by atoms with van der Waals surface area (Å²) in [6, 6.07) is 0. The third-order valence-electron chi connectivity index (χ3n) is 5.30. The summed E-state index contributed by atoms with van der Waals surface area (Å²) in [6.45, 7) is 6.88. The quantitative estimate of drug-likeness (QED) is 0.737. The van der Waals surface area contributed by atoms with Crippen LogP contribution in [-0.2, 0) is 0 Å². The highest BCUT2D eigenvalue weighted by atomic mass is 32.2. The molecule has 1 amide bonds. The Labute approximate surface area is 102 Å². The standard InChI is InChI=1S/C13H21NOS/c1-13(2)10-4-3-9(11(13)7-10)8-14-5-6-16-12(14)15/h9-11H,3-8H2,1-2H3. The molecule has 0 N–H and O–H groups in total. The lowest BCUT2D eigenvalue weighted by atomic mass is 9.45. The zero-order valence-corrected chi connectivity index (χ0v) is 11.1. The van der Waals surface area contributed by atoms with E-state index < -0.39 is 0 Å². The molecule has 90 valence electrons. The Hall–Kier alpha value is -0.180. The molecule has 0 aromatic carbocycles. The molecular formula is C13H21NOS. The Balaban J connectivity index is 1.65. The Morgan fingerprint density at radius 2 is 2.25 bits per heavy atom. The molecule has 1 aliphatic heterocycles. The van der Waals surface area contributed by atoms with Crippen LogP contribution in [0.15, 0.2) is 0 Å². The number of thioether (sulfide) groups is 1. The van der Waals surface area contributed by atoms with Gasteiger partial charge in [-0.05, 0) is 42.4 Å². The number of carbonyl (C=O) groups excluding carboxylic acids is 1. The van der Waals surface area contributed by atoms with Crippen molar-refractivity contribution in [2.75, 3.05) is 18.8 Å². The number of nitrogens with zero attached hydrogens (tertiary/aromatic N) is 1. The topological polar surface area (TPSA) is 20.3 Å². The van der Waals surface area contributed by atoms with Gasteiger partial charge >= 0.3 is 0 Å². The predicted molar refractivity (Wildman–Crippen MR) is 67.5 cm³/mol. The number of fused-ring (bicyclic) bond motifs is 2. The van der Waals surface area contributed by atoms with Crippen LogP contribution in [0, 0.1) is 23.2 Å². The Bertz CT molecular complexity index is 313. The van der Waals surface area contributed by atoms with E-state index in [0.717, 1.165) is 36.6 Å². The van der Waals surface area contributed by atoms with E-state index in [0.29, 0.717) is 10.7 Å². The third-order valence-corrected chi connectivity index (χ3v) is 6.19. The number of hydrogen-bond donors (Lipinski definition) is 0. The molecule has 0 aromatic heterocycles. The molecular weight excluding hydrogens is 218 g/mol. The van der Waals surface area contributed by atoms with E-state index in [1.807, 2.05) is 0 Å². The molecule has 1 saturated heterocycles. The van der Waals surface area contributed by atoms with E-state index in [-0.39, 0.29) is 0 Å². The molecule has 3 aliphatic carbocycles. The Morgan fingerprint density at radius 3 is 2.81 bits per heavy atom. The first-order valence-corrected chi connectivity index (χ1v) is 7.49. The van der Waals surface area contributed by atoms with Gasteiger partial charge in [0.2, 0.25) is 0 Å². The van der Waals surface area contributed by atoms with Gasteiger partial charge in [-0.1, -0.05) is 25.6 Å². The molecule has 1 heterocycles. The summed E-state index contributed by atoms with van der Waals surface area (Å²) in [4.78, 5) is 13.7. The van der Waals surface area contributed by atoms with Crippen LogP contribution in [0.4, 0.5) is 4.79 Å². The van der Waals surface area contributed by atoms with Gasteiger partial charge in [-0.3, -0.25) is 4.79 Å². The van der Waals surface area contributed by atoms with Crippen molar-refractivity contribution in [3.05, 3.63) is 0 Å². The SMILES string of the molecule is CC1(C)C2CCC(CN3CCSC3=O)C1C2. The third kappa shape index (κ3) is 1.51. The molecule has 3 atom stereocenters. The molecule has 4 aliphatic rings. The number of carbonyl (C=O) groups is 1. The summed E-state index contributed by atoms with van der Waals surface area (Å²) >= 11 is 1.49. The smallest absolute Gasteiger partial charge is 0.281 e. The fourth-order valence-electron chi connectivity index (χ4n) is 4.06. The number of rotatable bonds is 2. The van der Waals surface area contributed by atoms with Crippen molar-refractivity contribution in [2.45, 2.75) is 33.1 Å². The van der Waals surface area contributed by atoms with Crippen LogP contribution in [0.25, 0.3) is 0 Å². The molecule has 3 saturated carbocycles. The van der Waals surface area contributed by atoms with Gasteiger partial charge in [0.05, 0.1) is 0 Å². The number of amides is 1. The second kappa shape index (κ2) is 3.66. The van der Waals surface area contributed by atoms with Crippen molar-refractivity contribution < 1.29 is 4.79 Å². The fraction of sp³-hybridized carbons (Fsp3) is 0.923. The minimum Gasteiger partial charge on any atom is -0.332 e. The monoisotopic (exact) mass is 239 g/mol. The summed E-state index contributed by atoms with van der Waals surface area (Å²) in [7, 11) is 0. The van der Waals surface area contributed by atoms with Crippen LogP contribution < -0.4 is 0 Å². The highest BCUT2D eigenvalue weighted by Crippen LogP contribution is 2.61. The van der Waals surface area contributed by atoms with E-state index in [4.69, 9.17) is 0 Å². The lowest BCUT2D eigenvalue weighted by Gasteiger charge is -2.60. The summed E-state index contributed by atoms with van der Waals surface area (Å²) in [5, 5.41) is 0.319. The summed E-state index contributed by atoms with van der Waals surface area (Å²) in [6.07, 6.45) is 4.17. The molecule has 2 bridgehead atoms. The molecule has 4 fully saturated rings. The van der Waals surface area contributed by atoms with Crippen molar-refractivity contribution in [3.63, 3.8) is 0 Å². The molecule has 4 rings (SSSR count). The molecule has 0 radical (unpaired) electrons. The molecule has 3 unspecified atom stereocenters. The van der Waals surface area contributed by atoms with Gasteiger partial charge in [0.1, 0.15) is 0 Å². The zero-order valence-electron chi connectivity index (χ0n) is 10.2. The van der Waals surface area contributed by atoms with Gasteiger partial charge in [-0.15, -0.1) is 0 Å². The van der Waals surface area contributed by atoms with Crippen LogP contribution in [0.5, 0.6) is 0 Å². The predicted octanol–water partition coefficient (Wildman–Crippen LogP) is 3.23. The van der Waals surface area contributed by atoms with Crippen molar-refractivity contribution in [1.82, 2.24) is 4.90 Å². The van der Waals surface area contributed by atoms with E-state index in [2.05, 4.69) is 18.7 Å². The van der Waals surface area contributed by atoms with E-state index >= 15 is 0 Å². The lowest BCUT2D eigenvalue weighted by Crippen LogP contribution is -2.54. The molecule has 3 heteroatoms. The van der Waals surface area contributed by atoms with Gasteiger partial charge < -0.3 is 4.90 Å². The zero-order chi connectivity index (χ0) is 11.3. The minimum absolute atomic E-state index is 0.319. The molecule has 16 heavy (non-hydrogen) atoms. The van der Waals surface area contributed by atoms with Crippen molar-refractivity contribution in [1.29, 1.82) is 0 Å². The Morgan fingerprint density at radius 1 is 1.44 bits per heavy atom. The van der Waals surface area contributed by atoms with Crippen molar-refractivity contribution in [3.8, 4) is 0 Å². The van der Waals surface area contributed by atoms with Crippen LogP contribution >= 0.6 is 11.8 Å². The average molecular weight is 239 g/mol. The second-order valence-electron chi connectivity index (χ2n) is 6.26. The Kier molecular flexibility index (Phi) is 2.50. The normalized spacial score (nSPS) is 41.0. The minimum atomic E-state index is 0.319. The maximum atomic E-state index is 11.6. The molecule has 2 nitrogen and oxygen atoms in total. The summed E-state index contributed by atoms with van der Waals surface area (Å²) in [5.41, 5.74) is 0.554. The van der Waals surface area contributed by atoms with Crippen LogP contribution in [-0.4, -0.2) is 29.0 Å². The average Bonchev–Trinajstić information content (AvgIpc) is 2.64. The van der Waals surface area contributed by atoms with Crippen molar-refractivity contribution >= 4 is 17.0 Å². The lowest BCUT2D eigenvalue weighted by molar-refractivity contribution is -0.108. The second-order valence-corrected chi connectivity index (χ2v) is 7.30. The largest absolute Gasteiger partial charge is 0.332 e. The fourth-order valence-corrected chi connectivity index (χ4v) is 4.89. The van der Waals surface area contributed by atoms with E-state index in [9.17, 15) is 4.79 Å². The summed E-state index contributed by atoms with van der Waals surface area (Å²) < 4.78 is 0. The molecule has 0 aromatic rings. The van der Waals surface area contributed by atoms with Crippen LogP contribution in [0.1, 0.15) is 33.1 Å². The molecule has 0 spiro atoms. The highest BCUT2D eigenvalue weighted by molar-refractivity contribution is 8.13. The first-order chi connectivity index (χ1) is 7.59. The van der Waals surface area contributed by atoms with Crippen LogP contribution in [0.3, 0.4) is 0 Å². The van der Waals surface area contributed by atoms with Gasteiger partial charge in [-0.25, -0.2) is 0 Å². The maximum Gasteiger partial charge on any atom is 0.281 e. The first-order valence-electron chi connectivity index (χ1n) is 6.50. The van der Waals surface area contributed by atoms with Gasteiger partial charge in [-0.2, -0.15) is 0 Å². The summed E-state index contributed by atoms with van der Waals surface area (Å²) in [5.74, 6) is 3.63. The number of hydrogen-bond acceptors (Lipinski definition) is 2. The van der Waals surface area contributed by atoms with E-state index in [1.54, 1.807) is 0 Å². The van der Waals surface area contributed by atoms with Crippen LogP contribution in [0.2, 0.25) is 0 Å². The maximum absolute atomic E-state index is 11.6.